The molecule has 6 heteroatoms. The maximum Gasteiger partial charge on any atom is 0.269 e. The average molecular weight is 253 g/mol. The summed E-state index contributed by atoms with van der Waals surface area (Å²) in [6.07, 6.45) is 0. The first kappa shape index (κ1) is 12.8. The van der Waals surface area contributed by atoms with Crippen LogP contribution in [0, 0.1) is 22.5 Å². The summed E-state index contributed by atoms with van der Waals surface area (Å²) in [4.78, 5) is 10.2. The zero-order valence-electron chi connectivity index (χ0n) is 10.1. The van der Waals surface area contributed by atoms with Crippen LogP contribution in [0.4, 0.5) is 5.69 Å². The lowest BCUT2D eigenvalue weighted by Gasteiger charge is -2.39. The summed E-state index contributed by atoms with van der Waals surface area (Å²) in [5.74, 6) is 0.598. The molecule has 1 aliphatic rings. The van der Waals surface area contributed by atoms with E-state index in [4.69, 9.17) is 9.47 Å². The van der Waals surface area contributed by atoms with Gasteiger partial charge >= 0.3 is 0 Å². The normalized spacial score (nSPS) is 17.0. The number of ether oxygens (including phenoxy) is 2. The second-order valence-electron chi connectivity index (χ2n) is 4.65. The molecule has 1 aliphatic heterocycles. The molecule has 0 bridgehead atoms. The Morgan fingerprint density at radius 2 is 2.28 bits per heavy atom. The molecule has 18 heavy (non-hydrogen) atoms. The number of aliphatic hydroxyl groups is 1. The van der Waals surface area contributed by atoms with E-state index < -0.39 is 4.92 Å². The lowest BCUT2D eigenvalue weighted by molar-refractivity contribution is -0.384. The molecular formula is C12H15NO5. The summed E-state index contributed by atoms with van der Waals surface area (Å²) in [5, 5.41) is 19.8. The van der Waals surface area contributed by atoms with E-state index in [9.17, 15) is 15.2 Å². The van der Waals surface area contributed by atoms with E-state index >= 15 is 0 Å². The topological polar surface area (TPSA) is 81.8 Å². The van der Waals surface area contributed by atoms with Gasteiger partial charge in [-0.2, -0.15) is 0 Å². The number of aliphatic hydroxyl groups excluding tert-OH is 1. The maximum absolute atomic E-state index is 10.6. The van der Waals surface area contributed by atoms with Crippen molar-refractivity contribution in [2.45, 2.75) is 6.92 Å². The molecular weight excluding hydrogens is 238 g/mol. The molecule has 0 saturated carbocycles. The Morgan fingerprint density at radius 1 is 1.56 bits per heavy atom. The van der Waals surface area contributed by atoms with Crippen molar-refractivity contribution >= 4 is 5.69 Å². The molecule has 1 fully saturated rings. The lowest BCUT2D eigenvalue weighted by atomic mass is 9.88. The van der Waals surface area contributed by atoms with Crippen molar-refractivity contribution in [2.75, 3.05) is 26.4 Å². The van der Waals surface area contributed by atoms with Crippen molar-refractivity contribution in [2.24, 2.45) is 5.41 Å². The summed E-state index contributed by atoms with van der Waals surface area (Å²) in [6, 6.07) is 4.46. The Morgan fingerprint density at radius 3 is 2.72 bits per heavy atom. The highest BCUT2D eigenvalue weighted by Gasteiger charge is 2.39. The van der Waals surface area contributed by atoms with Gasteiger partial charge in [-0.25, -0.2) is 0 Å². The average Bonchev–Trinajstić information content (AvgIpc) is 2.29. The van der Waals surface area contributed by atoms with E-state index in [2.05, 4.69) is 0 Å². The number of aryl methyl sites for hydroxylation is 1. The molecule has 98 valence electrons. The van der Waals surface area contributed by atoms with Crippen molar-refractivity contribution < 1.29 is 19.5 Å². The molecule has 2 rings (SSSR count). The standard InChI is InChI=1S/C12H15NO5/c1-9-4-10(13(15)16)2-3-11(9)18-8-12(5-14)6-17-7-12/h2-4,14H,5-8H2,1H3. The van der Waals surface area contributed by atoms with Crippen LogP contribution in [0.1, 0.15) is 5.56 Å². The monoisotopic (exact) mass is 253 g/mol. The first-order chi connectivity index (χ1) is 8.56. The van der Waals surface area contributed by atoms with Crippen molar-refractivity contribution in [1.29, 1.82) is 0 Å². The summed E-state index contributed by atoms with van der Waals surface area (Å²) in [7, 11) is 0. The molecule has 0 atom stereocenters. The lowest BCUT2D eigenvalue weighted by Crippen LogP contribution is -2.49. The SMILES string of the molecule is Cc1cc([N+](=O)[O-])ccc1OCC1(CO)COC1. The number of hydrogen-bond donors (Lipinski definition) is 1. The third-order valence-electron chi connectivity index (χ3n) is 3.06. The smallest absolute Gasteiger partial charge is 0.269 e. The number of nitrogens with zero attached hydrogens (tertiary/aromatic N) is 1. The zero-order chi connectivity index (χ0) is 13.2. The molecule has 0 amide bonds. The van der Waals surface area contributed by atoms with Gasteiger partial charge in [0.05, 0.1) is 30.2 Å². The van der Waals surface area contributed by atoms with Gasteiger partial charge in [0.25, 0.3) is 5.69 Å². The van der Waals surface area contributed by atoms with Crippen molar-refractivity contribution in [1.82, 2.24) is 0 Å². The third kappa shape index (κ3) is 2.44. The highest BCUT2D eigenvalue weighted by molar-refractivity contribution is 5.42. The number of hydrogen-bond acceptors (Lipinski definition) is 5. The second kappa shape index (κ2) is 4.91. The summed E-state index contributed by atoms with van der Waals surface area (Å²) in [5.41, 5.74) is 0.426. The van der Waals surface area contributed by atoms with E-state index in [1.807, 2.05) is 0 Å². The van der Waals surface area contributed by atoms with Crippen molar-refractivity contribution in [3.8, 4) is 5.75 Å². The summed E-state index contributed by atoms with van der Waals surface area (Å²) in [6.45, 7) is 3.08. The van der Waals surface area contributed by atoms with Crippen LogP contribution in [0.5, 0.6) is 5.75 Å². The Balaban J connectivity index is 2.03. The molecule has 0 aromatic heterocycles. The molecule has 1 aromatic rings. The van der Waals surface area contributed by atoms with Gasteiger partial charge in [0, 0.05) is 12.1 Å². The molecule has 6 nitrogen and oxygen atoms in total. The van der Waals surface area contributed by atoms with Gasteiger partial charge in [0.15, 0.2) is 0 Å². The van der Waals surface area contributed by atoms with E-state index in [-0.39, 0.29) is 17.7 Å². The molecule has 1 N–H and O–H groups in total. The van der Waals surface area contributed by atoms with Gasteiger partial charge < -0.3 is 14.6 Å². The highest BCUT2D eigenvalue weighted by Crippen LogP contribution is 2.30. The predicted octanol–water partition coefficient (Wildman–Crippen LogP) is 1.29. The molecule has 1 saturated heterocycles. The largest absolute Gasteiger partial charge is 0.492 e. The fourth-order valence-electron chi connectivity index (χ4n) is 1.75. The fourth-order valence-corrected chi connectivity index (χ4v) is 1.75. The van der Waals surface area contributed by atoms with Crippen LogP contribution in [-0.2, 0) is 4.74 Å². The predicted molar refractivity (Wildman–Crippen MR) is 63.7 cm³/mol. The molecule has 1 aromatic carbocycles. The Hall–Kier alpha value is -1.66. The molecule has 0 unspecified atom stereocenters. The quantitative estimate of drug-likeness (QED) is 0.631. The van der Waals surface area contributed by atoms with E-state index in [0.29, 0.717) is 31.1 Å². The van der Waals surface area contributed by atoms with Crippen LogP contribution < -0.4 is 4.74 Å². The van der Waals surface area contributed by atoms with Crippen LogP contribution in [0.15, 0.2) is 18.2 Å². The van der Waals surface area contributed by atoms with E-state index in [1.54, 1.807) is 13.0 Å². The van der Waals surface area contributed by atoms with Gasteiger partial charge in [-0.3, -0.25) is 10.1 Å². The minimum atomic E-state index is -0.439. The van der Waals surface area contributed by atoms with Crippen LogP contribution in [0.25, 0.3) is 0 Å². The minimum Gasteiger partial charge on any atom is -0.492 e. The van der Waals surface area contributed by atoms with Gasteiger partial charge in [-0.05, 0) is 18.6 Å². The van der Waals surface area contributed by atoms with Crippen LogP contribution in [0.3, 0.4) is 0 Å². The summed E-state index contributed by atoms with van der Waals surface area (Å²) < 4.78 is 10.7. The number of nitro benzene ring substituents is 1. The van der Waals surface area contributed by atoms with Gasteiger partial charge in [0.2, 0.25) is 0 Å². The van der Waals surface area contributed by atoms with Crippen LogP contribution in [0.2, 0.25) is 0 Å². The third-order valence-corrected chi connectivity index (χ3v) is 3.06. The van der Waals surface area contributed by atoms with Gasteiger partial charge in [-0.1, -0.05) is 0 Å². The highest BCUT2D eigenvalue weighted by atomic mass is 16.6. The van der Waals surface area contributed by atoms with Crippen LogP contribution in [-0.4, -0.2) is 36.5 Å². The first-order valence-corrected chi connectivity index (χ1v) is 5.63. The second-order valence-corrected chi connectivity index (χ2v) is 4.65. The number of nitro groups is 1. The van der Waals surface area contributed by atoms with Gasteiger partial charge in [-0.15, -0.1) is 0 Å². The zero-order valence-corrected chi connectivity index (χ0v) is 10.1. The Kier molecular flexibility index (Phi) is 3.49. The minimum absolute atomic E-state index is 0.0129. The molecule has 0 radical (unpaired) electrons. The van der Waals surface area contributed by atoms with E-state index in [1.165, 1.54) is 12.1 Å². The number of benzene rings is 1. The molecule has 0 spiro atoms. The number of non-ortho nitro benzene ring substituents is 1. The first-order valence-electron chi connectivity index (χ1n) is 5.63. The number of rotatable bonds is 5. The van der Waals surface area contributed by atoms with Crippen molar-refractivity contribution in [3.63, 3.8) is 0 Å². The Bertz CT molecular complexity index is 450. The Labute approximate surface area is 104 Å². The fraction of sp³-hybridized carbons (Fsp3) is 0.500. The van der Waals surface area contributed by atoms with Gasteiger partial charge in [0.1, 0.15) is 12.4 Å². The molecule has 0 aliphatic carbocycles. The summed E-state index contributed by atoms with van der Waals surface area (Å²) >= 11 is 0. The van der Waals surface area contributed by atoms with Crippen molar-refractivity contribution in [3.05, 3.63) is 33.9 Å². The van der Waals surface area contributed by atoms with Crippen LogP contribution >= 0.6 is 0 Å². The van der Waals surface area contributed by atoms with E-state index in [0.717, 1.165) is 0 Å². The maximum atomic E-state index is 10.6. The molecule has 1 heterocycles.